The Kier molecular flexibility index (Phi) is 6.32. The number of fused-ring (bicyclic) bond motifs is 1. The lowest BCUT2D eigenvalue weighted by atomic mass is 9.78. The maximum atomic E-state index is 12.8. The molecule has 1 aliphatic carbocycles. The minimum Gasteiger partial charge on any atom is -0.452 e. The summed E-state index contributed by atoms with van der Waals surface area (Å²) in [7, 11) is 0. The Hall–Kier alpha value is -2.43. The van der Waals surface area contributed by atoms with E-state index in [1.165, 1.54) is 6.42 Å². The molecule has 1 fully saturated rings. The Bertz CT molecular complexity index is 878. The van der Waals surface area contributed by atoms with Crippen molar-refractivity contribution in [3.05, 3.63) is 41.1 Å². The smallest absolute Gasteiger partial charge is 0.339 e. The van der Waals surface area contributed by atoms with Crippen LogP contribution in [0.5, 0.6) is 0 Å². The summed E-state index contributed by atoms with van der Waals surface area (Å²) in [5, 5.41) is 3.81. The van der Waals surface area contributed by atoms with E-state index in [1.807, 2.05) is 38.1 Å². The van der Waals surface area contributed by atoms with Crippen LogP contribution in [0.15, 0.2) is 24.3 Å². The predicted octanol–water partition coefficient (Wildman–Crippen LogP) is 4.20. The van der Waals surface area contributed by atoms with Gasteiger partial charge in [-0.15, -0.1) is 0 Å². The van der Waals surface area contributed by atoms with Crippen LogP contribution in [0.3, 0.4) is 0 Å². The number of rotatable bonds is 5. The van der Waals surface area contributed by atoms with Gasteiger partial charge in [0.15, 0.2) is 6.61 Å². The molecule has 3 atom stereocenters. The molecule has 0 radical (unpaired) electrons. The topological polar surface area (TPSA) is 68.3 Å². The van der Waals surface area contributed by atoms with Gasteiger partial charge < -0.3 is 10.1 Å². The predicted molar refractivity (Wildman–Crippen MR) is 110 cm³/mol. The fraction of sp³-hybridized carbons (Fsp3) is 0.522. The van der Waals surface area contributed by atoms with Crippen molar-refractivity contribution in [2.24, 2.45) is 11.8 Å². The molecule has 0 unspecified atom stereocenters. The summed E-state index contributed by atoms with van der Waals surface area (Å²) in [4.78, 5) is 29.8. The zero-order chi connectivity index (χ0) is 20.3. The zero-order valence-electron chi connectivity index (χ0n) is 17.2. The van der Waals surface area contributed by atoms with Gasteiger partial charge in [-0.05, 0) is 43.2 Å². The van der Waals surface area contributed by atoms with Crippen LogP contribution >= 0.6 is 0 Å². The first-order valence-corrected chi connectivity index (χ1v) is 10.3. The Morgan fingerprint density at radius 1 is 1.21 bits per heavy atom. The quantitative estimate of drug-likeness (QED) is 0.787. The minimum absolute atomic E-state index is 0.158. The molecule has 1 amide bonds. The summed E-state index contributed by atoms with van der Waals surface area (Å²) in [6.45, 7) is 8.05. The fourth-order valence-electron chi connectivity index (χ4n) is 4.20. The molecule has 5 nitrogen and oxygen atoms in total. The summed E-state index contributed by atoms with van der Waals surface area (Å²) in [5.74, 6) is 0.337. The number of carbonyl (C=O) groups excluding carboxylic acids is 2. The van der Waals surface area contributed by atoms with Gasteiger partial charge in [-0.25, -0.2) is 4.79 Å². The molecule has 1 aromatic heterocycles. The van der Waals surface area contributed by atoms with Crippen LogP contribution in [0.1, 0.15) is 61.6 Å². The number of hydrogen-bond acceptors (Lipinski definition) is 4. The highest BCUT2D eigenvalue weighted by Gasteiger charge is 2.28. The molecule has 1 saturated carbocycles. The molecule has 0 bridgehead atoms. The van der Waals surface area contributed by atoms with Crippen LogP contribution in [-0.2, 0) is 16.0 Å². The van der Waals surface area contributed by atoms with Crippen LogP contribution in [-0.4, -0.2) is 29.5 Å². The average Bonchev–Trinajstić information content (AvgIpc) is 2.69. The van der Waals surface area contributed by atoms with Gasteiger partial charge in [0.2, 0.25) is 0 Å². The third-order valence-electron chi connectivity index (χ3n) is 6.16. The molecule has 1 aliphatic rings. The van der Waals surface area contributed by atoms with Crippen molar-refractivity contribution in [1.82, 2.24) is 10.3 Å². The Labute approximate surface area is 166 Å². The number of para-hydroxylation sites is 1. The maximum absolute atomic E-state index is 12.8. The number of nitrogens with zero attached hydrogens (tertiary/aromatic N) is 1. The van der Waals surface area contributed by atoms with Gasteiger partial charge in [0.05, 0.1) is 11.1 Å². The highest BCUT2D eigenvalue weighted by atomic mass is 16.5. The van der Waals surface area contributed by atoms with Crippen LogP contribution in [0, 0.1) is 18.8 Å². The second kappa shape index (κ2) is 8.72. The maximum Gasteiger partial charge on any atom is 0.339 e. The van der Waals surface area contributed by atoms with Gasteiger partial charge in [-0.2, -0.15) is 0 Å². The van der Waals surface area contributed by atoms with Crippen molar-refractivity contribution < 1.29 is 14.3 Å². The first-order chi connectivity index (χ1) is 13.4. The molecule has 1 aromatic carbocycles. The Morgan fingerprint density at radius 2 is 1.96 bits per heavy atom. The number of carbonyl (C=O) groups is 2. The highest BCUT2D eigenvalue weighted by molar-refractivity contribution is 6.05. The molecule has 1 N–H and O–H groups in total. The van der Waals surface area contributed by atoms with Crippen LogP contribution in [0.4, 0.5) is 0 Å². The molecule has 0 saturated heterocycles. The van der Waals surface area contributed by atoms with Crippen LogP contribution in [0.2, 0.25) is 0 Å². The number of aryl methyl sites for hydroxylation is 1. The first kappa shape index (κ1) is 20.3. The fourth-order valence-corrected chi connectivity index (χ4v) is 4.20. The van der Waals surface area contributed by atoms with E-state index in [0.717, 1.165) is 41.4 Å². The number of aromatic nitrogens is 1. The largest absolute Gasteiger partial charge is 0.452 e. The number of esters is 1. The number of pyridine rings is 1. The number of ether oxygens (including phenoxy) is 1. The number of nitrogens with one attached hydrogen (secondary N) is 1. The normalized spacial score (nSPS) is 22.1. The molecule has 0 spiro atoms. The number of hydrogen-bond donors (Lipinski definition) is 1. The van der Waals surface area contributed by atoms with E-state index in [0.29, 0.717) is 17.4 Å². The third kappa shape index (κ3) is 4.18. The van der Waals surface area contributed by atoms with E-state index in [4.69, 9.17) is 4.74 Å². The summed E-state index contributed by atoms with van der Waals surface area (Å²) < 4.78 is 5.40. The number of benzene rings is 1. The number of amides is 1. The van der Waals surface area contributed by atoms with Crippen LogP contribution < -0.4 is 5.32 Å². The molecule has 28 heavy (non-hydrogen) atoms. The van der Waals surface area contributed by atoms with E-state index in [-0.39, 0.29) is 18.6 Å². The second-order valence-electron chi connectivity index (χ2n) is 7.95. The lowest BCUT2D eigenvalue weighted by Crippen LogP contribution is -2.45. The first-order valence-electron chi connectivity index (χ1n) is 10.3. The molecular formula is C23H30N2O3. The van der Waals surface area contributed by atoms with Crippen molar-refractivity contribution in [3.63, 3.8) is 0 Å². The Morgan fingerprint density at radius 3 is 2.71 bits per heavy atom. The second-order valence-corrected chi connectivity index (χ2v) is 7.95. The molecular weight excluding hydrogens is 352 g/mol. The standard InChI is InChI=1S/C23H30N2O3/c1-5-18-16(4)22(17-10-6-7-11-20(17)24-18)23(27)28-13-21(26)25-19-12-8-9-14(2)15(19)3/h6-7,10-11,14-15,19H,5,8-9,12-13H2,1-4H3,(H,25,26)/t14-,15+,19-/m1/s1. The van der Waals surface area contributed by atoms with E-state index >= 15 is 0 Å². The van der Waals surface area contributed by atoms with Gasteiger partial charge in [-0.3, -0.25) is 9.78 Å². The molecule has 2 aromatic rings. The van der Waals surface area contributed by atoms with E-state index < -0.39 is 5.97 Å². The zero-order valence-corrected chi connectivity index (χ0v) is 17.2. The molecule has 150 valence electrons. The van der Waals surface area contributed by atoms with Gasteiger partial charge in [0.1, 0.15) is 0 Å². The highest BCUT2D eigenvalue weighted by Crippen LogP contribution is 2.29. The summed E-state index contributed by atoms with van der Waals surface area (Å²) in [6.07, 6.45) is 4.04. The lowest BCUT2D eigenvalue weighted by molar-refractivity contribution is -0.125. The summed E-state index contributed by atoms with van der Waals surface area (Å²) in [6, 6.07) is 7.70. The van der Waals surface area contributed by atoms with Crippen molar-refractivity contribution in [2.75, 3.05) is 6.61 Å². The van der Waals surface area contributed by atoms with E-state index in [9.17, 15) is 9.59 Å². The monoisotopic (exact) mass is 382 g/mol. The molecule has 0 aliphatic heterocycles. The van der Waals surface area contributed by atoms with Crippen molar-refractivity contribution in [2.45, 2.75) is 59.4 Å². The minimum atomic E-state index is -0.467. The van der Waals surface area contributed by atoms with Crippen molar-refractivity contribution in [3.8, 4) is 0 Å². The SMILES string of the molecule is CCc1nc2ccccc2c(C(=O)OCC(=O)N[C@@H]2CCC[C@@H](C)[C@@H]2C)c1C. The molecule has 3 rings (SSSR count). The molecule has 5 heteroatoms. The van der Waals surface area contributed by atoms with Crippen molar-refractivity contribution in [1.29, 1.82) is 0 Å². The molecule has 1 heterocycles. The van der Waals surface area contributed by atoms with Crippen molar-refractivity contribution >= 4 is 22.8 Å². The Balaban J connectivity index is 1.71. The summed E-state index contributed by atoms with van der Waals surface area (Å²) >= 11 is 0. The van der Waals surface area contributed by atoms with Gasteiger partial charge in [0.25, 0.3) is 5.91 Å². The van der Waals surface area contributed by atoms with Gasteiger partial charge >= 0.3 is 5.97 Å². The van der Waals surface area contributed by atoms with Gasteiger partial charge in [-0.1, -0.05) is 51.8 Å². The average molecular weight is 383 g/mol. The van der Waals surface area contributed by atoms with E-state index in [2.05, 4.69) is 24.1 Å². The van der Waals surface area contributed by atoms with E-state index in [1.54, 1.807) is 0 Å². The lowest BCUT2D eigenvalue weighted by Gasteiger charge is -2.34. The summed E-state index contributed by atoms with van der Waals surface area (Å²) in [5.41, 5.74) is 2.97. The van der Waals surface area contributed by atoms with Crippen LogP contribution in [0.25, 0.3) is 10.9 Å². The third-order valence-corrected chi connectivity index (χ3v) is 6.16. The van der Waals surface area contributed by atoms with Gasteiger partial charge in [0, 0.05) is 17.1 Å².